The van der Waals surface area contributed by atoms with Crippen LogP contribution in [0.15, 0.2) is 6.07 Å². The number of hydrogen-bond donors (Lipinski definition) is 0. The lowest BCUT2D eigenvalue weighted by Crippen LogP contribution is -2.20. The third kappa shape index (κ3) is 4.69. The molecule has 10 heteroatoms. The maximum atomic E-state index is 13.0. The SMILES string of the molecule is CCOC(=O)c1nc(OC(F)(F)F)cc(CCl)c1C(F)F. The molecule has 0 fully saturated rings. The maximum absolute atomic E-state index is 13.0. The maximum Gasteiger partial charge on any atom is 0.574 e. The zero-order valence-electron chi connectivity index (χ0n) is 10.5. The number of hydrogen-bond acceptors (Lipinski definition) is 4. The Labute approximate surface area is 120 Å². The summed E-state index contributed by atoms with van der Waals surface area (Å²) in [5.41, 5.74) is -2.23. The normalized spacial score (nSPS) is 11.6. The van der Waals surface area contributed by atoms with Crippen LogP contribution in [0.3, 0.4) is 0 Å². The average molecular weight is 334 g/mol. The van der Waals surface area contributed by atoms with E-state index in [0.717, 1.165) is 0 Å². The van der Waals surface area contributed by atoms with Crippen molar-refractivity contribution in [1.82, 2.24) is 4.98 Å². The Kier molecular flexibility index (Phi) is 5.70. The van der Waals surface area contributed by atoms with E-state index in [9.17, 15) is 26.7 Å². The van der Waals surface area contributed by atoms with Crippen LogP contribution in [0.4, 0.5) is 22.0 Å². The Bertz CT molecular complexity index is 521. The summed E-state index contributed by atoms with van der Waals surface area (Å²) in [7, 11) is 0. The van der Waals surface area contributed by atoms with Gasteiger partial charge in [0, 0.05) is 11.9 Å². The monoisotopic (exact) mass is 333 g/mol. The van der Waals surface area contributed by atoms with E-state index in [4.69, 9.17) is 11.6 Å². The zero-order valence-corrected chi connectivity index (χ0v) is 11.3. The van der Waals surface area contributed by atoms with E-state index < -0.39 is 47.3 Å². The molecule has 1 aromatic heterocycles. The smallest absolute Gasteiger partial charge is 0.461 e. The van der Waals surface area contributed by atoms with Crippen LogP contribution in [0.25, 0.3) is 0 Å². The standard InChI is InChI=1S/C11H9ClF5NO3/c1-2-20-10(19)8-7(9(13)14)5(4-12)3-6(18-8)21-11(15,16)17/h3,9H,2,4H2,1H3. The average Bonchev–Trinajstić information content (AvgIpc) is 2.35. The van der Waals surface area contributed by atoms with Gasteiger partial charge in [0.2, 0.25) is 5.88 Å². The molecule has 0 aliphatic heterocycles. The van der Waals surface area contributed by atoms with E-state index in [-0.39, 0.29) is 6.61 Å². The first kappa shape index (κ1) is 17.4. The second kappa shape index (κ2) is 6.88. The molecule has 0 bridgehead atoms. The van der Waals surface area contributed by atoms with Gasteiger partial charge in [-0.25, -0.2) is 18.6 Å². The van der Waals surface area contributed by atoms with Crippen LogP contribution >= 0.6 is 11.6 Å². The van der Waals surface area contributed by atoms with E-state index >= 15 is 0 Å². The number of rotatable bonds is 5. The van der Waals surface area contributed by atoms with Crippen molar-refractivity contribution >= 4 is 17.6 Å². The quantitative estimate of drug-likeness (QED) is 0.467. The molecule has 0 radical (unpaired) electrons. The van der Waals surface area contributed by atoms with Crippen molar-refractivity contribution < 1.29 is 36.2 Å². The van der Waals surface area contributed by atoms with Gasteiger partial charge in [-0.2, -0.15) is 0 Å². The summed E-state index contributed by atoms with van der Waals surface area (Å²) in [6.07, 6.45) is -8.25. The molecule has 0 aliphatic carbocycles. The lowest BCUT2D eigenvalue weighted by molar-refractivity contribution is -0.276. The van der Waals surface area contributed by atoms with E-state index in [1.165, 1.54) is 6.92 Å². The van der Waals surface area contributed by atoms with Crippen LogP contribution in [0.2, 0.25) is 0 Å². The fourth-order valence-electron chi connectivity index (χ4n) is 1.46. The van der Waals surface area contributed by atoms with Gasteiger partial charge in [0.05, 0.1) is 12.2 Å². The predicted octanol–water partition coefficient (Wildman–Crippen LogP) is 3.83. The predicted molar refractivity (Wildman–Crippen MR) is 61.4 cm³/mol. The van der Waals surface area contributed by atoms with Crippen LogP contribution < -0.4 is 4.74 Å². The van der Waals surface area contributed by atoms with Gasteiger partial charge >= 0.3 is 12.3 Å². The molecular formula is C11H9ClF5NO3. The number of esters is 1. The fourth-order valence-corrected chi connectivity index (χ4v) is 1.68. The van der Waals surface area contributed by atoms with Crippen molar-refractivity contribution in [1.29, 1.82) is 0 Å². The summed E-state index contributed by atoms with van der Waals surface area (Å²) in [6, 6.07) is 0.602. The zero-order chi connectivity index (χ0) is 16.2. The first-order chi connectivity index (χ1) is 9.69. The second-order valence-electron chi connectivity index (χ2n) is 3.58. The minimum atomic E-state index is -5.09. The highest BCUT2D eigenvalue weighted by molar-refractivity contribution is 6.17. The van der Waals surface area contributed by atoms with Gasteiger partial charge < -0.3 is 9.47 Å². The van der Waals surface area contributed by atoms with E-state index in [1.54, 1.807) is 0 Å². The molecule has 1 rings (SSSR count). The molecule has 0 aromatic carbocycles. The van der Waals surface area contributed by atoms with Gasteiger partial charge in [-0.3, -0.25) is 0 Å². The van der Waals surface area contributed by atoms with Gasteiger partial charge in [-0.15, -0.1) is 24.8 Å². The summed E-state index contributed by atoms with van der Waals surface area (Å²) < 4.78 is 70.4. The molecule has 0 saturated carbocycles. The van der Waals surface area contributed by atoms with Crippen LogP contribution in [0, 0.1) is 0 Å². The minimum absolute atomic E-state index is 0.163. The summed E-state index contributed by atoms with van der Waals surface area (Å²) in [4.78, 5) is 14.7. The number of carbonyl (C=O) groups excluding carboxylic acids is 1. The van der Waals surface area contributed by atoms with Crippen LogP contribution in [0.1, 0.15) is 35.0 Å². The summed E-state index contributed by atoms with van der Waals surface area (Å²) in [5, 5.41) is 0. The molecule has 0 aliphatic rings. The Morgan fingerprint density at radius 2 is 2.05 bits per heavy atom. The molecule has 118 valence electrons. The second-order valence-corrected chi connectivity index (χ2v) is 3.85. The molecule has 4 nitrogen and oxygen atoms in total. The Morgan fingerprint density at radius 3 is 2.48 bits per heavy atom. The molecule has 0 spiro atoms. The molecule has 21 heavy (non-hydrogen) atoms. The van der Waals surface area contributed by atoms with Gasteiger partial charge in [-0.1, -0.05) is 0 Å². The third-order valence-electron chi connectivity index (χ3n) is 2.17. The molecule has 0 amide bonds. The lowest BCUT2D eigenvalue weighted by Gasteiger charge is -2.14. The molecule has 0 atom stereocenters. The Hall–Kier alpha value is -1.64. The largest absolute Gasteiger partial charge is 0.574 e. The van der Waals surface area contributed by atoms with Crippen molar-refractivity contribution in [2.24, 2.45) is 0 Å². The van der Waals surface area contributed by atoms with E-state index in [1.807, 2.05) is 0 Å². The highest BCUT2D eigenvalue weighted by Crippen LogP contribution is 2.32. The lowest BCUT2D eigenvalue weighted by atomic mass is 10.1. The number of halogens is 6. The Morgan fingerprint density at radius 1 is 1.43 bits per heavy atom. The van der Waals surface area contributed by atoms with Crippen molar-refractivity contribution in [3.8, 4) is 5.88 Å². The topological polar surface area (TPSA) is 48.4 Å². The number of pyridine rings is 1. The minimum Gasteiger partial charge on any atom is -0.461 e. The van der Waals surface area contributed by atoms with Crippen molar-refractivity contribution in [2.45, 2.75) is 25.6 Å². The van der Waals surface area contributed by atoms with E-state index in [2.05, 4.69) is 14.5 Å². The first-order valence-electron chi connectivity index (χ1n) is 5.50. The number of aromatic nitrogens is 1. The third-order valence-corrected chi connectivity index (χ3v) is 2.46. The molecule has 0 saturated heterocycles. The highest BCUT2D eigenvalue weighted by Gasteiger charge is 2.34. The van der Waals surface area contributed by atoms with Crippen molar-refractivity contribution in [3.63, 3.8) is 0 Å². The Balaban J connectivity index is 3.40. The molecular weight excluding hydrogens is 325 g/mol. The van der Waals surface area contributed by atoms with Gasteiger partial charge in [0.15, 0.2) is 5.69 Å². The van der Waals surface area contributed by atoms with Crippen LogP contribution in [-0.4, -0.2) is 23.9 Å². The molecule has 1 heterocycles. The van der Waals surface area contributed by atoms with Crippen molar-refractivity contribution in [3.05, 3.63) is 22.9 Å². The van der Waals surface area contributed by atoms with E-state index in [0.29, 0.717) is 6.07 Å². The van der Waals surface area contributed by atoms with Crippen molar-refractivity contribution in [2.75, 3.05) is 6.61 Å². The van der Waals surface area contributed by atoms with Crippen LogP contribution in [0.5, 0.6) is 5.88 Å². The molecule has 0 unspecified atom stereocenters. The van der Waals surface area contributed by atoms with Crippen LogP contribution in [-0.2, 0) is 10.6 Å². The first-order valence-corrected chi connectivity index (χ1v) is 6.03. The highest BCUT2D eigenvalue weighted by atomic mass is 35.5. The fraction of sp³-hybridized carbons (Fsp3) is 0.455. The number of alkyl halides is 6. The summed E-state index contributed by atoms with van der Waals surface area (Å²) >= 11 is 5.42. The van der Waals surface area contributed by atoms with Gasteiger partial charge in [0.1, 0.15) is 0 Å². The number of nitrogens with zero attached hydrogens (tertiary/aromatic N) is 1. The summed E-state index contributed by atoms with van der Waals surface area (Å²) in [6.45, 7) is 1.24. The van der Waals surface area contributed by atoms with Gasteiger partial charge in [0.25, 0.3) is 6.43 Å². The number of ether oxygens (including phenoxy) is 2. The molecule has 1 aromatic rings. The summed E-state index contributed by atoms with van der Waals surface area (Å²) in [5.74, 6) is -2.90. The number of carbonyl (C=O) groups is 1. The molecule has 0 N–H and O–H groups in total. The van der Waals surface area contributed by atoms with Gasteiger partial charge in [-0.05, 0) is 12.5 Å².